The number of carbonyl (C=O) groups excluding carboxylic acids is 1. The van der Waals surface area contributed by atoms with Crippen LogP contribution in [0.4, 0.5) is 0 Å². The smallest absolute Gasteiger partial charge is 0.266 e. The number of thiophene rings is 1. The number of rotatable bonds is 6. The molecule has 150 valence electrons. The molecule has 2 aromatic carbocycles. The average Bonchev–Trinajstić information content (AvgIpc) is 3.18. The first-order chi connectivity index (χ1) is 14.6. The predicted octanol–water partition coefficient (Wildman–Crippen LogP) is 4.45. The molecule has 0 aliphatic carbocycles. The first-order valence-electron chi connectivity index (χ1n) is 8.89. The standard InChI is InChI=1S/C21H15BrN4O2S2/c22-18-11-10-15(30-18)12-23-25-19(27)13-29-21-24-17-9-5-4-8-16(17)20(28)26(21)14-6-2-1-3-7-14/h1-12H,13H2,(H,25,27)/b23-12-. The van der Waals surface area contributed by atoms with Crippen LogP contribution in [0.3, 0.4) is 0 Å². The van der Waals surface area contributed by atoms with E-state index in [2.05, 4.69) is 31.4 Å². The molecule has 2 aromatic heterocycles. The number of aromatic nitrogens is 2. The van der Waals surface area contributed by atoms with Crippen molar-refractivity contribution in [2.45, 2.75) is 5.16 Å². The lowest BCUT2D eigenvalue weighted by Gasteiger charge is -2.12. The second kappa shape index (κ2) is 9.38. The Morgan fingerprint density at radius 3 is 2.67 bits per heavy atom. The number of nitrogens with one attached hydrogen (secondary N) is 1. The molecule has 0 atom stereocenters. The van der Waals surface area contributed by atoms with Gasteiger partial charge in [-0.3, -0.25) is 14.2 Å². The number of halogens is 1. The fourth-order valence-corrected chi connectivity index (χ4v) is 4.84. The highest BCUT2D eigenvalue weighted by atomic mass is 79.9. The first-order valence-corrected chi connectivity index (χ1v) is 11.5. The van der Waals surface area contributed by atoms with Crippen LogP contribution in [0.5, 0.6) is 0 Å². The van der Waals surface area contributed by atoms with Crippen molar-refractivity contribution >= 4 is 62.1 Å². The summed E-state index contributed by atoms with van der Waals surface area (Å²) in [5.41, 5.74) is 3.63. The number of amides is 1. The number of hydrogen-bond acceptors (Lipinski definition) is 6. The van der Waals surface area contributed by atoms with Gasteiger partial charge in [0.1, 0.15) is 0 Å². The number of benzene rings is 2. The zero-order chi connectivity index (χ0) is 20.9. The van der Waals surface area contributed by atoms with Crippen LogP contribution >= 0.6 is 39.0 Å². The number of carbonyl (C=O) groups is 1. The maximum Gasteiger partial charge on any atom is 0.266 e. The number of para-hydroxylation sites is 2. The van der Waals surface area contributed by atoms with Gasteiger partial charge in [0.15, 0.2) is 5.16 Å². The quantitative estimate of drug-likeness (QED) is 0.184. The summed E-state index contributed by atoms with van der Waals surface area (Å²) in [5, 5.41) is 4.96. The molecule has 1 N–H and O–H groups in total. The molecule has 4 rings (SSSR count). The minimum Gasteiger partial charge on any atom is -0.272 e. The Morgan fingerprint density at radius 2 is 1.90 bits per heavy atom. The molecule has 2 heterocycles. The monoisotopic (exact) mass is 498 g/mol. The molecule has 0 radical (unpaired) electrons. The lowest BCUT2D eigenvalue weighted by Crippen LogP contribution is -2.24. The molecular formula is C21H15BrN4O2S2. The molecule has 1 amide bonds. The summed E-state index contributed by atoms with van der Waals surface area (Å²) < 4.78 is 2.53. The van der Waals surface area contributed by atoms with Crippen LogP contribution in [0, 0.1) is 0 Å². The lowest BCUT2D eigenvalue weighted by atomic mass is 10.2. The minimum absolute atomic E-state index is 0.0725. The maximum atomic E-state index is 13.1. The van der Waals surface area contributed by atoms with Crippen molar-refractivity contribution < 1.29 is 4.79 Å². The highest BCUT2D eigenvalue weighted by Gasteiger charge is 2.14. The third-order valence-corrected chi connectivity index (χ3v) is 6.56. The minimum atomic E-state index is -0.283. The summed E-state index contributed by atoms with van der Waals surface area (Å²) in [7, 11) is 0. The second-order valence-electron chi connectivity index (χ2n) is 6.11. The summed E-state index contributed by atoms with van der Waals surface area (Å²) in [4.78, 5) is 30.9. The van der Waals surface area contributed by atoms with Crippen LogP contribution in [0.15, 0.2) is 85.6 Å². The van der Waals surface area contributed by atoms with Crippen molar-refractivity contribution in [1.82, 2.24) is 15.0 Å². The van der Waals surface area contributed by atoms with Crippen LogP contribution in [0.1, 0.15) is 4.88 Å². The van der Waals surface area contributed by atoms with E-state index >= 15 is 0 Å². The number of thioether (sulfide) groups is 1. The van der Waals surface area contributed by atoms with E-state index in [1.54, 1.807) is 18.3 Å². The third-order valence-electron chi connectivity index (χ3n) is 4.07. The van der Waals surface area contributed by atoms with Crippen LogP contribution < -0.4 is 11.0 Å². The van der Waals surface area contributed by atoms with Crippen LogP contribution in [0.25, 0.3) is 16.6 Å². The Morgan fingerprint density at radius 1 is 1.13 bits per heavy atom. The van der Waals surface area contributed by atoms with Crippen LogP contribution in [-0.2, 0) is 4.79 Å². The van der Waals surface area contributed by atoms with Gasteiger partial charge in [-0.05, 0) is 52.3 Å². The molecule has 0 bridgehead atoms. The molecule has 0 unspecified atom stereocenters. The van der Waals surface area contributed by atoms with Gasteiger partial charge in [0.25, 0.3) is 11.5 Å². The van der Waals surface area contributed by atoms with Gasteiger partial charge in [-0.25, -0.2) is 10.4 Å². The molecule has 30 heavy (non-hydrogen) atoms. The zero-order valence-electron chi connectivity index (χ0n) is 15.5. The summed E-state index contributed by atoms with van der Waals surface area (Å²) in [6, 6.07) is 20.3. The lowest BCUT2D eigenvalue weighted by molar-refractivity contribution is -0.118. The van der Waals surface area contributed by atoms with Gasteiger partial charge in [0.05, 0.1) is 32.3 Å². The zero-order valence-corrected chi connectivity index (χ0v) is 18.7. The van der Waals surface area contributed by atoms with Crippen molar-refractivity contribution in [3.05, 3.63) is 85.7 Å². The van der Waals surface area contributed by atoms with Crippen molar-refractivity contribution in [2.24, 2.45) is 5.10 Å². The highest BCUT2D eigenvalue weighted by molar-refractivity contribution is 9.11. The van der Waals surface area contributed by atoms with Crippen LogP contribution in [-0.4, -0.2) is 27.4 Å². The molecular weight excluding hydrogens is 484 g/mol. The van der Waals surface area contributed by atoms with Crippen molar-refractivity contribution in [3.8, 4) is 5.69 Å². The summed E-state index contributed by atoms with van der Waals surface area (Å²) >= 11 is 6.09. The molecule has 6 nitrogen and oxygen atoms in total. The van der Waals surface area contributed by atoms with E-state index in [-0.39, 0.29) is 17.2 Å². The fraction of sp³-hybridized carbons (Fsp3) is 0.0476. The van der Waals surface area contributed by atoms with Crippen molar-refractivity contribution in [2.75, 3.05) is 5.75 Å². The van der Waals surface area contributed by atoms with Crippen molar-refractivity contribution in [1.29, 1.82) is 0 Å². The topological polar surface area (TPSA) is 76.3 Å². The van der Waals surface area contributed by atoms with E-state index in [0.29, 0.717) is 21.7 Å². The molecule has 0 fully saturated rings. The van der Waals surface area contributed by atoms with E-state index in [9.17, 15) is 9.59 Å². The van der Waals surface area contributed by atoms with E-state index in [4.69, 9.17) is 0 Å². The second-order valence-corrected chi connectivity index (χ2v) is 9.55. The van der Waals surface area contributed by atoms with Crippen LogP contribution in [0.2, 0.25) is 0 Å². The van der Waals surface area contributed by atoms with Crippen molar-refractivity contribution in [3.63, 3.8) is 0 Å². The molecule has 0 aliphatic rings. The number of hydrogen-bond donors (Lipinski definition) is 1. The van der Waals surface area contributed by atoms with Gasteiger partial charge in [-0.15, -0.1) is 11.3 Å². The summed E-state index contributed by atoms with van der Waals surface area (Å²) in [6.45, 7) is 0. The Bertz CT molecular complexity index is 1290. The molecule has 0 aliphatic heterocycles. The highest BCUT2D eigenvalue weighted by Crippen LogP contribution is 2.22. The number of fused-ring (bicyclic) bond motifs is 1. The van der Waals surface area contributed by atoms with Gasteiger partial charge in [0, 0.05) is 4.88 Å². The van der Waals surface area contributed by atoms with Gasteiger partial charge in [0.2, 0.25) is 0 Å². The summed E-state index contributed by atoms with van der Waals surface area (Å²) in [6.07, 6.45) is 1.59. The molecule has 0 spiro atoms. The molecule has 0 saturated heterocycles. The first kappa shape index (κ1) is 20.5. The molecule has 9 heteroatoms. The fourth-order valence-electron chi connectivity index (χ4n) is 2.74. The third kappa shape index (κ3) is 4.69. The largest absolute Gasteiger partial charge is 0.272 e. The summed E-state index contributed by atoms with van der Waals surface area (Å²) in [5.74, 6) is -0.211. The predicted molar refractivity (Wildman–Crippen MR) is 126 cm³/mol. The van der Waals surface area contributed by atoms with E-state index in [0.717, 1.165) is 8.66 Å². The normalized spacial score (nSPS) is 11.2. The number of nitrogens with zero attached hydrogens (tertiary/aromatic N) is 3. The molecule has 4 aromatic rings. The van der Waals surface area contributed by atoms with Gasteiger partial charge in [-0.1, -0.05) is 42.1 Å². The van der Waals surface area contributed by atoms with E-state index in [1.807, 2.05) is 54.6 Å². The Kier molecular flexibility index (Phi) is 6.41. The van der Waals surface area contributed by atoms with E-state index < -0.39 is 0 Å². The maximum absolute atomic E-state index is 13.1. The van der Waals surface area contributed by atoms with Gasteiger partial charge >= 0.3 is 0 Å². The Hall–Kier alpha value is -2.75. The number of hydrazone groups is 1. The Balaban J connectivity index is 1.56. The van der Waals surface area contributed by atoms with Gasteiger partial charge < -0.3 is 0 Å². The molecule has 0 saturated carbocycles. The average molecular weight is 499 g/mol. The van der Waals surface area contributed by atoms with Gasteiger partial charge in [-0.2, -0.15) is 5.10 Å². The van der Waals surface area contributed by atoms with E-state index in [1.165, 1.54) is 27.7 Å². The Labute approximate surface area is 188 Å². The SMILES string of the molecule is O=C(CSc1nc2ccccc2c(=O)n1-c1ccccc1)N/N=C\c1ccc(Br)s1.